The maximum absolute atomic E-state index is 6.04. The Kier molecular flexibility index (Phi) is 3.56. The second-order valence-corrected chi connectivity index (χ2v) is 5.40. The van der Waals surface area contributed by atoms with E-state index in [1.165, 1.54) is 0 Å². The Morgan fingerprint density at radius 3 is 2.82 bits per heavy atom. The van der Waals surface area contributed by atoms with Gasteiger partial charge in [0.15, 0.2) is 4.77 Å². The first-order valence-corrected chi connectivity index (χ1v) is 6.32. The van der Waals surface area contributed by atoms with E-state index in [2.05, 4.69) is 35.5 Å². The summed E-state index contributed by atoms with van der Waals surface area (Å²) in [6.07, 6.45) is 0. The van der Waals surface area contributed by atoms with E-state index < -0.39 is 0 Å². The van der Waals surface area contributed by atoms with Crippen LogP contribution >= 0.6 is 23.8 Å². The normalized spacial score (nSPS) is 13.5. The molecule has 0 bridgehead atoms. The van der Waals surface area contributed by atoms with Crippen LogP contribution < -0.4 is 0 Å². The molecule has 92 valence electrons. The van der Waals surface area contributed by atoms with Crippen molar-refractivity contribution in [3.05, 3.63) is 28.0 Å². The van der Waals surface area contributed by atoms with Gasteiger partial charge < -0.3 is 14.5 Å². The van der Waals surface area contributed by atoms with Gasteiger partial charge in [0, 0.05) is 17.6 Å². The fourth-order valence-corrected chi connectivity index (χ4v) is 2.70. The number of fused-ring (bicyclic) bond motifs is 1. The summed E-state index contributed by atoms with van der Waals surface area (Å²) < 4.78 is 2.87. The summed E-state index contributed by atoms with van der Waals surface area (Å²) in [5.74, 6) is 0. The number of hydrogen-bond donors (Lipinski definition) is 1. The van der Waals surface area contributed by atoms with Crippen molar-refractivity contribution in [2.75, 3.05) is 20.6 Å². The molecule has 0 aliphatic heterocycles. The maximum Gasteiger partial charge on any atom is 0.178 e. The minimum absolute atomic E-state index is 0.310. The second-order valence-electron chi connectivity index (χ2n) is 4.57. The summed E-state index contributed by atoms with van der Waals surface area (Å²) in [4.78, 5) is 5.36. The quantitative estimate of drug-likeness (QED) is 0.863. The van der Waals surface area contributed by atoms with Gasteiger partial charge in [-0.25, -0.2) is 0 Å². The molecule has 0 spiro atoms. The number of likely N-dealkylation sites (N-methyl/N-ethyl adjacent to an activating group) is 1. The molecule has 0 fully saturated rings. The lowest BCUT2D eigenvalue weighted by atomic mass is 10.2. The molecule has 0 radical (unpaired) electrons. The van der Waals surface area contributed by atoms with E-state index in [1.807, 2.05) is 18.2 Å². The minimum atomic E-state index is 0.310. The third-order valence-electron chi connectivity index (χ3n) is 2.75. The van der Waals surface area contributed by atoms with Crippen LogP contribution in [0.2, 0.25) is 5.02 Å². The molecule has 0 saturated heterocycles. The Balaban J connectivity index is 2.55. The van der Waals surface area contributed by atoms with Crippen LogP contribution in [0.25, 0.3) is 11.0 Å². The van der Waals surface area contributed by atoms with Crippen LogP contribution in [0.1, 0.15) is 13.0 Å². The zero-order valence-electron chi connectivity index (χ0n) is 10.2. The molecule has 3 nitrogen and oxygen atoms in total. The molecule has 0 aliphatic carbocycles. The van der Waals surface area contributed by atoms with E-state index in [9.17, 15) is 0 Å². The average Bonchev–Trinajstić information content (AvgIpc) is 2.52. The molecule has 5 heteroatoms. The third kappa shape index (κ3) is 2.54. The summed E-state index contributed by atoms with van der Waals surface area (Å²) in [7, 11) is 4.11. The van der Waals surface area contributed by atoms with Gasteiger partial charge in [-0.1, -0.05) is 11.6 Å². The molecular weight excluding hydrogens is 254 g/mol. The monoisotopic (exact) mass is 269 g/mol. The Bertz CT molecular complexity index is 585. The minimum Gasteiger partial charge on any atom is -0.331 e. The lowest BCUT2D eigenvalue weighted by Crippen LogP contribution is -2.22. The highest BCUT2D eigenvalue weighted by atomic mass is 35.5. The summed E-state index contributed by atoms with van der Waals surface area (Å²) in [6.45, 7) is 3.09. The van der Waals surface area contributed by atoms with Gasteiger partial charge in [0.1, 0.15) is 0 Å². The van der Waals surface area contributed by atoms with Crippen LogP contribution in [-0.4, -0.2) is 35.1 Å². The highest BCUT2D eigenvalue weighted by Gasteiger charge is 2.12. The molecule has 1 atom stereocenters. The molecule has 2 rings (SSSR count). The SMILES string of the molecule is CC(CN(C)C)n1c(=S)[nH]c2ccc(Cl)cc21. The van der Waals surface area contributed by atoms with Gasteiger partial charge in [-0.2, -0.15) is 0 Å². The van der Waals surface area contributed by atoms with Gasteiger partial charge in [-0.3, -0.25) is 0 Å². The van der Waals surface area contributed by atoms with Crippen LogP contribution in [0.3, 0.4) is 0 Å². The first kappa shape index (κ1) is 12.6. The van der Waals surface area contributed by atoms with E-state index in [0.717, 1.165) is 27.4 Å². The van der Waals surface area contributed by atoms with Crippen molar-refractivity contribution >= 4 is 34.9 Å². The van der Waals surface area contributed by atoms with E-state index >= 15 is 0 Å². The van der Waals surface area contributed by atoms with Crippen molar-refractivity contribution in [1.82, 2.24) is 14.5 Å². The zero-order valence-corrected chi connectivity index (χ0v) is 11.8. The Morgan fingerprint density at radius 2 is 2.18 bits per heavy atom. The summed E-state index contributed by atoms with van der Waals surface area (Å²) >= 11 is 11.4. The number of aromatic amines is 1. The van der Waals surface area contributed by atoms with Crippen molar-refractivity contribution < 1.29 is 0 Å². The van der Waals surface area contributed by atoms with Gasteiger partial charge in [0.25, 0.3) is 0 Å². The molecule has 0 aliphatic rings. The molecule has 1 aromatic carbocycles. The molecular formula is C12H16ClN3S. The standard InChI is InChI=1S/C12H16ClN3S/c1-8(7-15(2)3)16-11-6-9(13)4-5-10(11)14-12(16)17/h4-6,8H,7H2,1-3H3,(H,14,17). The van der Waals surface area contributed by atoms with Crippen LogP contribution in [-0.2, 0) is 0 Å². The van der Waals surface area contributed by atoms with Gasteiger partial charge in [0.05, 0.1) is 11.0 Å². The first-order valence-electron chi connectivity index (χ1n) is 5.53. The Labute approximate surface area is 111 Å². The third-order valence-corrected chi connectivity index (χ3v) is 3.28. The van der Waals surface area contributed by atoms with E-state index in [4.69, 9.17) is 23.8 Å². The molecule has 0 saturated carbocycles. The summed E-state index contributed by atoms with van der Waals surface area (Å²) in [5, 5.41) is 0.734. The van der Waals surface area contributed by atoms with Crippen LogP contribution in [0, 0.1) is 4.77 Å². The number of nitrogens with one attached hydrogen (secondary N) is 1. The zero-order chi connectivity index (χ0) is 12.6. The summed E-state index contributed by atoms with van der Waals surface area (Å²) in [6, 6.07) is 6.10. The Hall–Kier alpha value is -0.840. The van der Waals surface area contributed by atoms with Gasteiger partial charge in [-0.05, 0) is 51.4 Å². The molecule has 1 unspecified atom stereocenters. The number of hydrogen-bond acceptors (Lipinski definition) is 2. The van der Waals surface area contributed by atoms with Crippen molar-refractivity contribution in [2.45, 2.75) is 13.0 Å². The number of benzene rings is 1. The topological polar surface area (TPSA) is 24.0 Å². The Morgan fingerprint density at radius 1 is 1.47 bits per heavy atom. The van der Waals surface area contributed by atoms with Gasteiger partial charge in [0.2, 0.25) is 0 Å². The van der Waals surface area contributed by atoms with Crippen LogP contribution in [0.5, 0.6) is 0 Å². The fraction of sp³-hybridized carbons (Fsp3) is 0.417. The number of rotatable bonds is 3. The molecule has 1 heterocycles. The number of halogens is 1. The molecule has 1 N–H and O–H groups in total. The summed E-state index contributed by atoms with van der Waals surface area (Å²) in [5.41, 5.74) is 2.10. The maximum atomic E-state index is 6.04. The van der Waals surface area contributed by atoms with Crippen LogP contribution in [0.15, 0.2) is 18.2 Å². The van der Waals surface area contributed by atoms with Crippen molar-refractivity contribution in [3.8, 4) is 0 Å². The molecule has 17 heavy (non-hydrogen) atoms. The van der Waals surface area contributed by atoms with Crippen molar-refractivity contribution in [2.24, 2.45) is 0 Å². The number of imidazole rings is 1. The van der Waals surface area contributed by atoms with Gasteiger partial charge >= 0.3 is 0 Å². The fourth-order valence-electron chi connectivity index (χ4n) is 2.14. The lowest BCUT2D eigenvalue weighted by molar-refractivity contribution is 0.339. The van der Waals surface area contributed by atoms with Gasteiger partial charge in [-0.15, -0.1) is 0 Å². The van der Waals surface area contributed by atoms with Crippen LogP contribution in [0.4, 0.5) is 0 Å². The predicted molar refractivity (Wildman–Crippen MR) is 75.4 cm³/mol. The van der Waals surface area contributed by atoms with Crippen molar-refractivity contribution in [3.63, 3.8) is 0 Å². The average molecular weight is 270 g/mol. The van der Waals surface area contributed by atoms with E-state index in [1.54, 1.807) is 0 Å². The highest BCUT2D eigenvalue weighted by Crippen LogP contribution is 2.22. The second kappa shape index (κ2) is 4.80. The molecule has 2 aromatic rings. The largest absolute Gasteiger partial charge is 0.331 e. The van der Waals surface area contributed by atoms with E-state index in [0.29, 0.717) is 6.04 Å². The first-order chi connectivity index (χ1) is 7.99. The smallest absolute Gasteiger partial charge is 0.178 e. The lowest BCUT2D eigenvalue weighted by Gasteiger charge is -2.19. The molecule has 1 aromatic heterocycles. The van der Waals surface area contributed by atoms with Crippen molar-refractivity contribution in [1.29, 1.82) is 0 Å². The predicted octanol–water partition coefficient (Wildman–Crippen LogP) is 3.47. The highest BCUT2D eigenvalue weighted by molar-refractivity contribution is 7.71. The van der Waals surface area contributed by atoms with E-state index in [-0.39, 0.29) is 0 Å². The molecule has 0 amide bonds. The number of nitrogens with zero attached hydrogens (tertiary/aromatic N) is 2. The number of aromatic nitrogens is 2. The number of H-pyrrole nitrogens is 1.